The number of aromatic nitrogens is 2. The van der Waals surface area contributed by atoms with Crippen LogP contribution in [0, 0.1) is 11.3 Å². The van der Waals surface area contributed by atoms with E-state index in [1.807, 2.05) is 0 Å². The van der Waals surface area contributed by atoms with E-state index in [2.05, 4.69) is 10.4 Å². The first-order chi connectivity index (χ1) is 11.2. The van der Waals surface area contributed by atoms with Gasteiger partial charge in [-0.05, 0) is 18.2 Å². The third kappa shape index (κ3) is 4.24. The largest absolute Gasteiger partial charge is 0.417 e. The second-order valence-electron chi connectivity index (χ2n) is 4.76. The second kappa shape index (κ2) is 6.90. The fourth-order valence-electron chi connectivity index (χ4n) is 1.88. The molecule has 10 heteroatoms. The molecule has 126 valence electrons. The molecule has 0 radical (unpaired) electrons. The molecule has 0 saturated carbocycles. The van der Waals surface area contributed by atoms with Crippen molar-refractivity contribution in [1.29, 1.82) is 5.26 Å². The third-order valence-corrected chi connectivity index (χ3v) is 3.17. The molecule has 2 rings (SSSR count). The van der Waals surface area contributed by atoms with Crippen molar-refractivity contribution in [3.8, 4) is 6.07 Å². The number of aliphatic hydroxyl groups excluding tert-OH is 1. The molecule has 0 aliphatic carbocycles. The number of anilines is 1. The predicted molar refractivity (Wildman–Crippen MR) is 78.0 cm³/mol. The minimum absolute atomic E-state index is 0.191. The molecule has 2 aromatic rings. The first-order valence-electron chi connectivity index (χ1n) is 6.49. The van der Waals surface area contributed by atoms with Crippen LogP contribution in [0.25, 0.3) is 0 Å². The van der Waals surface area contributed by atoms with Gasteiger partial charge >= 0.3 is 6.18 Å². The Labute approximate surface area is 139 Å². The van der Waals surface area contributed by atoms with Gasteiger partial charge in [0, 0.05) is 11.9 Å². The molecule has 1 atom stereocenters. The van der Waals surface area contributed by atoms with E-state index in [0.717, 1.165) is 12.1 Å². The number of nitriles is 1. The van der Waals surface area contributed by atoms with Crippen LogP contribution in [0.3, 0.4) is 0 Å². The highest BCUT2D eigenvalue weighted by molar-refractivity contribution is 6.30. The average molecular weight is 359 g/mol. The van der Waals surface area contributed by atoms with Crippen molar-refractivity contribution in [1.82, 2.24) is 9.78 Å². The van der Waals surface area contributed by atoms with Gasteiger partial charge in [-0.2, -0.15) is 23.5 Å². The lowest BCUT2D eigenvalue weighted by molar-refractivity contribution is -0.137. The SMILES string of the molecule is N#Cc1ccc(NC(=O)[C@@H](O)Cn2cc(Cl)cn2)cc1C(F)(F)F. The smallest absolute Gasteiger partial charge is 0.381 e. The molecule has 0 aliphatic rings. The summed E-state index contributed by atoms with van der Waals surface area (Å²) in [6, 6.07) is 4.15. The number of hydrogen-bond acceptors (Lipinski definition) is 4. The van der Waals surface area contributed by atoms with Crippen molar-refractivity contribution in [3.05, 3.63) is 46.7 Å². The number of carbonyl (C=O) groups is 1. The average Bonchev–Trinajstić information content (AvgIpc) is 2.91. The van der Waals surface area contributed by atoms with Crippen molar-refractivity contribution in [2.24, 2.45) is 0 Å². The van der Waals surface area contributed by atoms with E-state index in [0.29, 0.717) is 11.1 Å². The molecule has 2 N–H and O–H groups in total. The number of rotatable bonds is 4. The van der Waals surface area contributed by atoms with Crippen LogP contribution in [0.4, 0.5) is 18.9 Å². The summed E-state index contributed by atoms with van der Waals surface area (Å²) >= 11 is 5.64. The van der Waals surface area contributed by atoms with Crippen LogP contribution in [0.1, 0.15) is 11.1 Å². The van der Waals surface area contributed by atoms with Crippen LogP contribution in [0.5, 0.6) is 0 Å². The van der Waals surface area contributed by atoms with Gasteiger partial charge in [-0.15, -0.1) is 0 Å². The molecule has 0 spiro atoms. The summed E-state index contributed by atoms with van der Waals surface area (Å²) in [6.07, 6.45) is -3.61. The molecular formula is C14H10ClF3N4O2. The van der Waals surface area contributed by atoms with Crippen LogP contribution in [-0.2, 0) is 17.5 Å². The number of benzene rings is 1. The fourth-order valence-corrected chi connectivity index (χ4v) is 2.03. The summed E-state index contributed by atoms with van der Waals surface area (Å²) in [5.41, 5.74) is -1.92. The number of amides is 1. The van der Waals surface area contributed by atoms with Crippen molar-refractivity contribution >= 4 is 23.2 Å². The molecule has 6 nitrogen and oxygen atoms in total. The predicted octanol–water partition coefficient (Wildman–Crippen LogP) is 2.43. The molecule has 0 bridgehead atoms. The number of hydrogen-bond donors (Lipinski definition) is 2. The first-order valence-corrected chi connectivity index (χ1v) is 6.86. The van der Waals surface area contributed by atoms with Gasteiger partial charge in [0.2, 0.25) is 0 Å². The Morgan fingerprint density at radius 1 is 1.50 bits per heavy atom. The standard InChI is InChI=1S/C14H10ClF3N4O2/c15-9-5-20-22(6-9)7-12(23)13(24)21-10-2-1-8(4-19)11(3-10)14(16,17)18/h1-3,5-6,12,23H,7H2,(H,21,24)/t12-/m0/s1. The Balaban J connectivity index is 2.12. The van der Waals surface area contributed by atoms with E-state index >= 15 is 0 Å². The van der Waals surface area contributed by atoms with Crippen LogP contribution in [0.15, 0.2) is 30.6 Å². The molecular weight excluding hydrogens is 349 g/mol. The van der Waals surface area contributed by atoms with Gasteiger partial charge in [0.1, 0.15) is 0 Å². The summed E-state index contributed by atoms with van der Waals surface area (Å²) in [4.78, 5) is 11.9. The van der Waals surface area contributed by atoms with E-state index in [9.17, 15) is 23.1 Å². The molecule has 0 fully saturated rings. The summed E-state index contributed by atoms with van der Waals surface area (Å²) in [5.74, 6) is -0.917. The Bertz CT molecular complexity index is 798. The lowest BCUT2D eigenvalue weighted by Gasteiger charge is -2.14. The summed E-state index contributed by atoms with van der Waals surface area (Å²) in [7, 11) is 0. The second-order valence-corrected chi connectivity index (χ2v) is 5.19. The van der Waals surface area contributed by atoms with Crippen molar-refractivity contribution < 1.29 is 23.1 Å². The Morgan fingerprint density at radius 2 is 2.21 bits per heavy atom. The van der Waals surface area contributed by atoms with Crippen LogP contribution in [0.2, 0.25) is 5.02 Å². The highest BCUT2D eigenvalue weighted by atomic mass is 35.5. The zero-order valence-corrected chi connectivity index (χ0v) is 12.6. The molecule has 0 aliphatic heterocycles. The summed E-state index contributed by atoms with van der Waals surface area (Å²) in [5, 5.41) is 24.7. The Hall–Kier alpha value is -2.57. The van der Waals surface area contributed by atoms with Crippen LogP contribution >= 0.6 is 11.6 Å². The normalized spacial score (nSPS) is 12.5. The minimum atomic E-state index is -4.74. The maximum Gasteiger partial charge on any atom is 0.417 e. The van der Waals surface area contributed by atoms with Gasteiger partial charge in [0.05, 0.1) is 35.0 Å². The fraction of sp³-hybridized carbons (Fsp3) is 0.214. The molecule has 24 heavy (non-hydrogen) atoms. The molecule has 0 unspecified atom stereocenters. The highest BCUT2D eigenvalue weighted by Gasteiger charge is 2.34. The Kier molecular flexibility index (Phi) is 5.11. The number of aliphatic hydroxyl groups is 1. The molecule has 0 saturated heterocycles. The summed E-state index contributed by atoms with van der Waals surface area (Å²) < 4.78 is 39.8. The molecule has 1 aromatic heterocycles. The van der Waals surface area contributed by atoms with Crippen LogP contribution in [-0.4, -0.2) is 26.9 Å². The topological polar surface area (TPSA) is 90.9 Å². The highest BCUT2D eigenvalue weighted by Crippen LogP contribution is 2.33. The van der Waals surface area contributed by atoms with E-state index in [1.165, 1.54) is 23.1 Å². The van der Waals surface area contributed by atoms with Gasteiger partial charge in [-0.1, -0.05) is 11.6 Å². The third-order valence-electron chi connectivity index (χ3n) is 2.98. The lowest BCUT2D eigenvalue weighted by Crippen LogP contribution is -2.31. The number of nitrogens with zero attached hydrogens (tertiary/aromatic N) is 3. The van der Waals surface area contributed by atoms with Crippen molar-refractivity contribution in [2.75, 3.05) is 5.32 Å². The first kappa shape index (κ1) is 17.8. The van der Waals surface area contributed by atoms with E-state index in [1.54, 1.807) is 0 Å². The van der Waals surface area contributed by atoms with Gasteiger partial charge < -0.3 is 10.4 Å². The molecule has 1 aromatic carbocycles. The summed E-state index contributed by atoms with van der Waals surface area (Å²) in [6.45, 7) is -0.221. The number of nitrogens with one attached hydrogen (secondary N) is 1. The number of carbonyl (C=O) groups excluding carboxylic acids is 1. The monoisotopic (exact) mass is 358 g/mol. The molecule has 1 amide bonds. The number of alkyl halides is 3. The van der Waals surface area contributed by atoms with Gasteiger partial charge in [0.25, 0.3) is 5.91 Å². The van der Waals surface area contributed by atoms with Crippen molar-refractivity contribution in [2.45, 2.75) is 18.8 Å². The van der Waals surface area contributed by atoms with Crippen LogP contribution < -0.4 is 5.32 Å². The lowest BCUT2D eigenvalue weighted by atomic mass is 10.1. The van der Waals surface area contributed by atoms with Gasteiger partial charge in [-0.25, -0.2) is 0 Å². The maximum absolute atomic E-state index is 12.9. The molecule has 1 heterocycles. The zero-order chi connectivity index (χ0) is 17.9. The van der Waals surface area contributed by atoms with Gasteiger partial charge in [-0.3, -0.25) is 9.48 Å². The van der Waals surface area contributed by atoms with E-state index < -0.39 is 29.3 Å². The Morgan fingerprint density at radius 3 is 2.75 bits per heavy atom. The van der Waals surface area contributed by atoms with Gasteiger partial charge in [0.15, 0.2) is 6.10 Å². The zero-order valence-electron chi connectivity index (χ0n) is 11.9. The maximum atomic E-state index is 12.9. The van der Waals surface area contributed by atoms with E-state index in [-0.39, 0.29) is 12.2 Å². The van der Waals surface area contributed by atoms with Crippen molar-refractivity contribution in [3.63, 3.8) is 0 Å². The minimum Gasteiger partial charge on any atom is -0.381 e. The quantitative estimate of drug-likeness (QED) is 0.878. The number of halogens is 4. The van der Waals surface area contributed by atoms with E-state index in [4.69, 9.17) is 16.9 Å².